The molecule has 24 heavy (non-hydrogen) atoms. The highest BCUT2D eigenvalue weighted by Gasteiger charge is 2.32. The molecule has 2 aromatic carbocycles. The second kappa shape index (κ2) is 7.62. The highest BCUT2D eigenvalue weighted by Crippen LogP contribution is 2.40. The molecule has 1 saturated heterocycles. The second-order valence-electron chi connectivity index (χ2n) is 5.54. The highest BCUT2D eigenvalue weighted by atomic mass is 32.2. The maximum Gasteiger partial charge on any atom is 0.234 e. The number of ether oxygens (including phenoxy) is 2. The maximum atomic E-state index is 12.3. The van der Waals surface area contributed by atoms with Gasteiger partial charge in [-0.25, -0.2) is 0 Å². The van der Waals surface area contributed by atoms with Crippen LogP contribution in [0, 0.1) is 0 Å². The first-order valence-corrected chi connectivity index (χ1v) is 9.03. The van der Waals surface area contributed by atoms with Crippen LogP contribution in [0.1, 0.15) is 23.4 Å². The Labute approximate surface area is 146 Å². The smallest absolute Gasteiger partial charge is 0.234 e. The van der Waals surface area contributed by atoms with Gasteiger partial charge in [0.1, 0.15) is 16.9 Å². The lowest BCUT2D eigenvalue weighted by Gasteiger charge is -2.24. The summed E-state index contributed by atoms with van der Waals surface area (Å²) >= 11 is 1.67. The molecule has 0 spiro atoms. The number of nitrogens with zero attached hydrogens (tertiary/aromatic N) is 1. The van der Waals surface area contributed by atoms with Crippen molar-refractivity contribution in [2.24, 2.45) is 0 Å². The molecule has 1 aliphatic rings. The van der Waals surface area contributed by atoms with Crippen LogP contribution in [0.15, 0.2) is 48.5 Å². The van der Waals surface area contributed by atoms with Crippen molar-refractivity contribution in [1.29, 1.82) is 0 Å². The summed E-state index contributed by atoms with van der Waals surface area (Å²) in [6.45, 7) is 3.23. The van der Waals surface area contributed by atoms with Gasteiger partial charge in [0.2, 0.25) is 5.91 Å². The van der Waals surface area contributed by atoms with Gasteiger partial charge in [-0.1, -0.05) is 24.3 Å². The minimum Gasteiger partial charge on any atom is -0.497 e. The van der Waals surface area contributed by atoms with Crippen LogP contribution in [0.25, 0.3) is 0 Å². The van der Waals surface area contributed by atoms with Crippen LogP contribution in [0.5, 0.6) is 11.5 Å². The summed E-state index contributed by atoms with van der Waals surface area (Å²) in [6.07, 6.45) is 0. The van der Waals surface area contributed by atoms with Gasteiger partial charge in [-0.15, -0.1) is 11.8 Å². The van der Waals surface area contributed by atoms with Crippen molar-refractivity contribution in [3.8, 4) is 11.5 Å². The molecular formula is C19H21NO3S. The molecule has 0 radical (unpaired) electrons. The van der Waals surface area contributed by atoms with Crippen LogP contribution < -0.4 is 9.47 Å². The number of carbonyl (C=O) groups is 1. The lowest BCUT2D eigenvalue weighted by atomic mass is 10.1. The third-order valence-corrected chi connectivity index (χ3v) is 5.21. The summed E-state index contributed by atoms with van der Waals surface area (Å²) in [5.74, 6) is 2.38. The number of thioether (sulfide) groups is 1. The molecule has 4 nitrogen and oxygen atoms in total. The molecule has 2 aromatic rings. The van der Waals surface area contributed by atoms with Crippen LogP contribution in [0.4, 0.5) is 0 Å². The van der Waals surface area contributed by atoms with E-state index in [9.17, 15) is 4.79 Å². The minimum atomic E-state index is 0.0512. The molecule has 0 saturated carbocycles. The van der Waals surface area contributed by atoms with Crippen molar-refractivity contribution in [2.75, 3.05) is 19.5 Å². The van der Waals surface area contributed by atoms with Crippen molar-refractivity contribution in [3.63, 3.8) is 0 Å². The van der Waals surface area contributed by atoms with Crippen LogP contribution in [0.3, 0.4) is 0 Å². The zero-order valence-corrected chi connectivity index (χ0v) is 14.7. The zero-order valence-electron chi connectivity index (χ0n) is 13.9. The first kappa shape index (κ1) is 16.7. The van der Waals surface area contributed by atoms with Gasteiger partial charge in [-0.3, -0.25) is 4.79 Å². The maximum absolute atomic E-state index is 12.3. The van der Waals surface area contributed by atoms with E-state index in [0.717, 1.165) is 22.6 Å². The predicted octanol–water partition coefficient (Wildman–Crippen LogP) is 3.87. The third-order valence-electron chi connectivity index (χ3n) is 3.96. The number of hydrogen-bond donors (Lipinski definition) is 0. The molecule has 0 aromatic heterocycles. The topological polar surface area (TPSA) is 38.8 Å². The normalized spacial score (nSPS) is 17.2. The molecule has 0 aliphatic carbocycles. The number of carbonyl (C=O) groups excluding carboxylic acids is 1. The fourth-order valence-corrected chi connectivity index (χ4v) is 3.91. The van der Waals surface area contributed by atoms with Gasteiger partial charge in [-0.2, -0.15) is 0 Å². The Hall–Kier alpha value is -2.14. The number of methoxy groups -OCH3 is 1. The van der Waals surface area contributed by atoms with Gasteiger partial charge >= 0.3 is 0 Å². The van der Waals surface area contributed by atoms with Crippen molar-refractivity contribution >= 4 is 17.7 Å². The average molecular weight is 343 g/mol. The van der Waals surface area contributed by atoms with Crippen molar-refractivity contribution in [3.05, 3.63) is 59.7 Å². The van der Waals surface area contributed by atoms with Crippen LogP contribution in [0.2, 0.25) is 0 Å². The monoisotopic (exact) mass is 343 g/mol. The number of hydrogen-bond acceptors (Lipinski definition) is 4. The Kier molecular flexibility index (Phi) is 5.30. The van der Waals surface area contributed by atoms with E-state index in [4.69, 9.17) is 9.47 Å². The molecule has 1 atom stereocenters. The lowest BCUT2D eigenvalue weighted by molar-refractivity contribution is -0.128. The quantitative estimate of drug-likeness (QED) is 0.798. The molecule has 1 aliphatic heterocycles. The summed E-state index contributed by atoms with van der Waals surface area (Å²) in [6, 6.07) is 15.9. The Morgan fingerprint density at radius 2 is 1.75 bits per heavy atom. The summed E-state index contributed by atoms with van der Waals surface area (Å²) in [7, 11) is 1.65. The van der Waals surface area contributed by atoms with Gasteiger partial charge in [0.15, 0.2) is 0 Å². The summed E-state index contributed by atoms with van der Waals surface area (Å²) in [5.41, 5.74) is 2.23. The van der Waals surface area contributed by atoms with E-state index >= 15 is 0 Å². The Balaban J connectivity index is 1.75. The van der Waals surface area contributed by atoms with Crippen LogP contribution in [-0.4, -0.2) is 30.3 Å². The van der Waals surface area contributed by atoms with Crippen LogP contribution >= 0.6 is 11.8 Å². The summed E-state index contributed by atoms with van der Waals surface area (Å²) in [5, 5.41) is 0.0512. The first-order chi connectivity index (χ1) is 11.7. The van der Waals surface area contributed by atoms with E-state index in [2.05, 4.69) is 0 Å². The lowest BCUT2D eigenvalue weighted by Crippen LogP contribution is -2.27. The molecule has 0 N–H and O–H groups in total. The van der Waals surface area contributed by atoms with Crippen molar-refractivity contribution in [1.82, 2.24) is 4.90 Å². The number of benzene rings is 2. The van der Waals surface area contributed by atoms with E-state index in [-0.39, 0.29) is 11.3 Å². The van der Waals surface area contributed by atoms with Crippen molar-refractivity contribution < 1.29 is 14.3 Å². The predicted molar refractivity (Wildman–Crippen MR) is 96.4 cm³/mol. The molecule has 126 valence electrons. The fraction of sp³-hybridized carbons (Fsp3) is 0.316. The SMILES string of the molecule is CCOc1ccc([C@H]2SCC(=O)N2Cc2ccc(OC)cc2)cc1. The van der Waals surface area contributed by atoms with E-state index in [0.29, 0.717) is 18.9 Å². The van der Waals surface area contributed by atoms with Gasteiger partial charge in [-0.05, 0) is 42.3 Å². The minimum absolute atomic E-state index is 0.0512. The second-order valence-corrected chi connectivity index (χ2v) is 6.60. The number of amides is 1. The largest absolute Gasteiger partial charge is 0.497 e. The fourth-order valence-electron chi connectivity index (χ4n) is 2.72. The Morgan fingerprint density at radius 1 is 1.08 bits per heavy atom. The van der Waals surface area contributed by atoms with Crippen LogP contribution in [-0.2, 0) is 11.3 Å². The molecule has 5 heteroatoms. The Morgan fingerprint density at radius 3 is 2.38 bits per heavy atom. The van der Waals surface area contributed by atoms with E-state index < -0.39 is 0 Å². The summed E-state index contributed by atoms with van der Waals surface area (Å²) in [4.78, 5) is 14.2. The molecule has 3 rings (SSSR count). The molecule has 0 bridgehead atoms. The van der Waals surface area contributed by atoms with Gasteiger partial charge in [0.05, 0.1) is 19.5 Å². The summed E-state index contributed by atoms with van der Waals surface area (Å²) < 4.78 is 10.7. The molecular weight excluding hydrogens is 322 g/mol. The molecule has 1 fully saturated rings. The highest BCUT2D eigenvalue weighted by molar-refractivity contribution is 8.00. The molecule has 1 heterocycles. The standard InChI is InChI=1S/C19H21NO3S/c1-3-23-17-10-6-15(7-11-17)19-20(18(21)13-24-19)12-14-4-8-16(22-2)9-5-14/h4-11,19H,3,12-13H2,1-2H3/t19-/m1/s1. The van der Waals surface area contributed by atoms with E-state index in [1.54, 1.807) is 18.9 Å². The van der Waals surface area contributed by atoms with E-state index in [1.165, 1.54) is 0 Å². The van der Waals surface area contributed by atoms with Gasteiger partial charge < -0.3 is 14.4 Å². The van der Waals surface area contributed by atoms with Gasteiger partial charge in [0.25, 0.3) is 0 Å². The Bertz CT molecular complexity index is 685. The first-order valence-electron chi connectivity index (χ1n) is 7.98. The van der Waals surface area contributed by atoms with E-state index in [1.807, 2.05) is 60.4 Å². The van der Waals surface area contributed by atoms with Gasteiger partial charge in [0, 0.05) is 6.54 Å². The zero-order chi connectivity index (χ0) is 16.9. The average Bonchev–Trinajstić information content (AvgIpc) is 2.97. The van der Waals surface area contributed by atoms with Crippen molar-refractivity contribution in [2.45, 2.75) is 18.8 Å². The third kappa shape index (κ3) is 3.67. The number of rotatable bonds is 6. The molecule has 1 amide bonds. The molecule has 0 unspecified atom stereocenters.